The van der Waals surface area contributed by atoms with Crippen LogP contribution in [0.5, 0.6) is 0 Å². The third kappa shape index (κ3) is 4.18. The molecule has 4 nitrogen and oxygen atoms in total. The van der Waals surface area contributed by atoms with E-state index in [0.717, 1.165) is 24.3 Å². The molecule has 3 aromatic rings. The first-order valence-corrected chi connectivity index (χ1v) is 10.1. The van der Waals surface area contributed by atoms with E-state index in [1.807, 2.05) is 24.3 Å². The van der Waals surface area contributed by atoms with Crippen molar-refractivity contribution in [2.75, 3.05) is 23.3 Å². The summed E-state index contributed by atoms with van der Waals surface area (Å²) in [4.78, 5) is 14.8. The minimum absolute atomic E-state index is 0.237. The van der Waals surface area contributed by atoms with Gasteiger partial charge in [-0.3, -0.25) is 4.79 Å². The molecular formula is C22H20Cl2N2O2. The normalized spacial score (nSPS) is 14.1. The largest absolute Gasteiger partial charge is 0.451 e. The lowest BCUT2D eigenvalue weighted by Crippen LogP contribution is -2.29. The molecule has 0 saturated carbocycles. The third-order valence-corrected chi connectivity index (χ3v) is 5.42. The molecule has 0 atom stereocenters. The number of carbonyl (C=O) groups excluding carboxylic acids is 1. The molecule has 1 N–H and O–H groups in total. The van der Waals surface area contributed by atoms with Gasteiger partial charge in [-0.2, -0.15) is 0 Å². The topological polar surface area (TPSA) is 45.5 Å². The van der Waals surface area contributed by atoms with Crippen molar-refractivity contribution in [2.24, 2.45) is 0 Å². The van der Waals surface area contributed by atoms with Crippen LogP contribution in [0.2, 0.25) is 10.0 Å². The van der Waals surface area contributed by atoms with Crippen LogP contribution in [0.25, 0.3) is 11.3 Å². The van der Waals surface area contributed by atoms with Crippen molar-refractivity contribution < 1.29 is 9.21 Å². The average molecular weight is 415 g/mol. The Balaban J connectivity index is 1.46. The summed E-state index contributed by atoms with van der Waals surface area (Å²) in [6, 6.07) is 16.3. The first-order valence-electron chi connectivity index (χ1n) is 9.32. The fourth-order valence-corrected chi connectivity index (χ4v) is 3.82. The summed E-state index contributed by atoms with van der Waals surface area (Å²) in [5.74, 6) is 0.531. The number of hydrogen-bond acceptors (Lipinski definition) is 3. The Morgan fingerprint density at radius 3 is 2.39 bits per heavy atom. The van der Waals surface area contributed by atoms with Gasteiger partial charge in [0, 0.05) is 29.4 Å². The van der Waals surface area contributed by atoms with E-state index in [2.05, 4.69) is 10.2 Å². The summed E-state index contributed by atoms with van der Waals surface area (Å²) in [5.41, 5.74) is 2.51. The Morgan fingerprint density at radius 1 is 0.929 bits per heavy atom. The fraction of sp³-hybridized carbons (Fsp3) is 0.227. The smallest absolute Gasteiger partial charge is 0.291 e. The summed E-state index contributed by atoms with van der Waals surface area (Å²) in [6.07, 6.45) is 3.63. The molecule has 1 fully saturated rings. The second-order valence-corrected chi connectivity index (χ2v) is 7.68. The maximum atomic E-state index is 12.5. The van der Waals surface area contributed by atoms with Crippen LogP contribution < -0.4 is 10.2 Å². The maximum Gasteiger partial charge on any atom is 0.291 e. The molecule has 1 aliphatic rings. The number of halogens is 2. The van der Waals surface area contributed by atoms with Crippen LogP contribution in [0.4, 0.5) is 11.4 Å². The molecule has 4 rings (SSSR count). The number of carbonyl (C=O) groups is 1. The summed E-state index contributed by atoms with van der Waals surface area (Å²) in [7, 11) is 0. The molecule has 144 valence electrons. The van der Waals surface area contributed by atoms with Crippen LogP contribution in [0.1, 0.15) is 29.8 Å². The van der Waals surface area contributed by atoms with Gasteiger partial charge in [0.15, 0.2) is 5.76 Å². The molecule has 1 amide bonds. The van der Waals surface area contributed by atoms with Crippen LogP contribution in [0, 0.1) is 0 Å². The van der Waals surface area contributed by atoms with Gasteiger partial charge in [-0.15, -0.1) is 0 Å². The molecule has 0 unspecified atom stereocenters. The molecule has 1 aliphatic heterocycles. The Labute approximate surface area is 174 Å². The van der Waals surface area contributed by atoms with E-state index in [0.29, 0.717) is 21.5 Å². The Bertz CT molecular complexity index is 976. The number of benzene rings is 2. The number of hydrogen-bond donors (Lipinski definition) is 1. The molecule has 28 heavy (non-hydrogen) atoms. The van der Waals surface area contributed by atoms with Gasteiger partial charge >= 0.3 is 0 Å². The van der Waals surface area contributed by atoms with Crippen molar-refractivity contribution in [2.45, 2.75) is 19.3 Å². The summed E-state index contributed by atoms with van der Waals surface area (Å²) in [5, 5.41) is 4.14. The van der Waals surface area contributed by atoms with E-state index in [1.54, 1.807) is 30.3 Å². The van der Waals surface area contributed by atoms with Crippen molar-refractivity contribution in [1.82, 2.24) is 0 Å². The first-order chi connectivity index (χ1) is 13.6. The number of nitrogens with one attached hydrogen (secondary N) is 1. The average Bonchev–Trinajstić information content (AvgIpc) is 3.20. The quantitative estimate of drug-likeness (QED) is 0.529. The second-order valence-electron chi connectivity index (χ2n) is 6.84. The van der Waals surface area contributed by atoms with Crippen molar-refractivity contribution in [3.05, 3.63) is 70.4 Å². The van der Waals surface area contributed by atoms with Crippen molar-refractivity contribution in [1.29, 1.82) is 0 Å². The molecule has 2 heterocycles. The Morgan fingerprint density at radius 2 is 1.68 bits per heavy atom. The van der Waals surface area contributed by atoms with Crippen LogP contribution in [-0.2, 0) is 0 Å². The van der Waals surface area contributed by atoms with E-state index in [-0.39, 0.29) is 11.7 Å². The summed E-state index contributed by atoms with van der Waals surface area (Å²) < 4.78 is 5.70. The van der Waals surface area contributed by atoms with E-state index in [9.17, 15) is 4.79 Å². The first kappa shape index (κ1) is 18.9. The molecule has 0 spiro atoms. The number of piperidine rings is 1. The zero-order valence-electron chi connectivity index (χ0n) is 15.3. The van der Waals surface area contributed by atoms with Gasteiger partial charge in [0.05, 0.1) is 10.7 Å². The number of nitrogens with zero attached hydrogens (tertiary/aromatic N) is 1. The standard InChI is InChI=1S/C22H20Cl2N2O2/c23-16-6-4-15(5-7-16)20-10-11-21(28-20)22(27)25-17-8-9-19(18(24)14-17)26-12-2-1-3-13-26/h4-11,14H,1-3,12-13H2,(H,25,27). The fourth-order valence-electron chi connectivity index (χ4n) is 3.40. The predicted octanol–water partition coefficient (Wildman–Crippen LogP) is 6.50. The lowest BCUT2D eigenvalue weighted by Gasteiger charge is -2.29. The highest BCUT2D eigenvalue weighted by Crippen LogP contribution is 2.31. The molecule has 6 heteroatoms. The van der Waals surface area contributed by atoms with Crippen molar-refractivity contribution in [3.63, 3.8) is 0 Å². The minimum atomic E-state index is -0.318. The van der Waals surface area contributed by atoms with E-state index < -0.39 is 0 Å². The zero-order chi connectivity index (χ0) is 19.5. The minimum Gasteiger partial charge on any atom is -0.451 e. The number of anilines is 2. The van der Waals surface area contributed by atoms with E-state index in [4.69, 9.17) is 27.6 Å². The monoisotopic (exact) mass is 414 g/mol. The number of rotatable bonds is 4. The van der Waals surface area contributed by atoms with Gasteiger partial charge in [0.25, 0.3) is 5.91 Å². The summed E-state index contributed by atoms with van der Waals surface area (Å²) >= 11 is 12.4. The van der Waals surface area contributed by atoms with Gasteiger partial charge < -0.3 is 14.6 Å². The number of amides is 1. The predicted molar refractivity (Wildman–Crippen MR) is 115 cm³/mol. The second kappa shape index (κ2) is 8.29. The highest BCUT2D eigenvalue weighted by molar-refractivity contribution is 6.33. The maximum absolute atomic E-state index is 12.5. The van der Waals surface area contributed by atoms with Crippen LogP contribution >= 0.6 is 23.2 Å². The third-order valence-electron chi connectivity index (χ3n) is 4.86. The van der Waals surface area contributed by atoms with Gasteiger partial charge in [-0.05, 0) is 73.9 Å². The number of furan rings is 1. The van der Waals surface area contributed by atoms with Gasteiger partial charge in [-0.25, -0.2) is 0 Å². The molecule has 0 radical (unpaired) electrons. The molecule has 2 aromatic carbocycles. The van der Waals surface area contributed by atoms with Crippen molar-refractivity contribution in [3.8, 4) is 11.3 Å². The highest BCUT2D eigenvalue weighted by Gasteiger charge is 2.16. The van der Waals surface area contributed by atoms with Crippen LogP contribution in [0.15, 0.2) is 59.0 Å². The molecule has 1 saturated heterocycles. The molecular weight excluding hydrogens is 395 g/mol. The summed E-state index contributed by atoms with van der Waals surface area (Å²) in [6.45, 7) is 2.04. The van der Waals surface area contributed by atoms with E-state index in [1.165, 1.54) is 19.3 Å². The Kier molecular flexibility index (Phi) is 5.60. The van der Waals surface area contributed by atoms with Gasteiger partial charge in [0.2, 0.25) is 0 Å². The highest BCUT2D eigenvalue weighted by atomic mass is 35.5. The van der Waals surface area contributed by atoms with Gasteiger partial charge in [0.1, 0.15) is 5.76 Å². The molecule has 0 aliphatic carbocycles. The zero-order valence-corrected chi connectivity index (χ0v) is 16.8. The SMILES string of the molecule is O=C(Nc1ccc(N2CCCCC2)c(Cl)c1)c1ccc(-c2ccc(Cl)cc2)o1. The van der Waals surface area contributed by atoms with Gasteiger partial charge in [-0.1, -0.05) is 23.2 Å². The van der Waals surface area contributed by atoms with Crippen LogP contribution in [-0.4, -0.2) is 19.0 Å². The Hall–Kier alpha value is -2.43. The lowest BCUT2D eigenvalue weighted by molar-refractivity contribution is 0.0997. The lowest BCUT2D eigenvalue weighted by atomic mass is 10.1. The van der Waals surface area contributed by atoms with Crippen LogP contribution in [0.3, 0.4) is 0 Å². The van der Waals surface area contributed by atoms with E-state index >= 15 is 0 Å². The molecule has 0 bridgehead atoms. The molecule has 1 aromatic heterocycles. The van der Waals surface area contributed by atoms with Crippen molar-refractivity contribution >= 4 is 40.5 Å².